The lowest BCUT2D eigenvalue weighted by atomic mass is 10.1. The van der Waals surface area contributed by atoms with Gasteiger partial charge in [-0.25, -0.2) is 0 Å². The standard InChI is InChI=1S/C15H13ClINOS/c16-11-6-7-13(12(17)9-11)18-15(19)14(20)8-10-4-2-1-3-5-10/h1-7,9,14,20H,8H2,(H,18,19). The van der Waals surface area contributed by atoms with Gasteiger partial charge in [0.05, 0.1) is 10.9 Å². The average Bonchev–Trinajstić information content (AvgIpc) is 2.43. The van der Waals surface area contributed by atoms with Gasteiger partial charge in [0.25, 0.3) is 0 Å². The molecule has 2 aromatic carbocycles. The summed E-state index contributed by atoms with van der Waals surface area (Å²) in [5.74, 6) is -0.113. The second-order valence-corrected chi connectivity index (χ2v) is 6.54. The molecule has 1 unspecified atom stereocenters. The van der Waals surface area contributed by atoms with Crippen LogP contribution in [0, 0.1) is 3.57 Å². The van der Waals surface area contributed by atoms with Crippen molar-refractivity contribution in [3.63, 3.8) is 0 Å². The van der Waals surface area contributed by atoms with Gasteiger partial charge in [0.1, 0.15) is 0 Å². The lowest BCUT2D eigenvalue weighted by Crippen LogP contribution is -2.25. The Bertz CT molecular complexity index is 606. The molecule has 0 saturated heterocycles. The van der Waals surface area contributed by atoms with Gasteiger partial charge in [-0.15, -0.1) is 0 Å². The molecule has 0 aliphatic heterocycles. The van der Waals surface area contributed by atoms with Crippen molar-refractivity contribution < 1.29 is 4.79 Å². The maximum Gasteiger partial charge on any atom is 0.237 e. The van der Waals surface area contributed by atoms with Crippen LogP contribution in [0.2, 0.25) is 5.02 Å². The van der Waals surface area contributed by atoms with E-state index in [2.05, 4.69) is 40.5 Å². The first-order chi connectivity index (χ1) is 9.56. The van der Waals surface area contributed by atoms with E-state index in [1.807, 2.05) is 36.4 Å². The molecule has 0 aromatic heterocycles. The van der Waals surface area contributed by atoms with E-state index in [1.165, 1.54) is 0 Å². The minimum atomic E-state index is -0.385. The van der Waals surface area contributed by atoms with Gasteiger partial charge in [-0.3, -0.25) is 4.79 Å². The van der Waals surface area contributed by atoms with E-state index in [0.29, 0.717) is 11.4 Å². The molecule has 0 aliphatic rings. The summed E-state index contributed by atoms with van der Waals surface area (Å²) in [6.45, 7) is 0. The van der Waals surface area contributed by atoms with Gasteiger partial charge in [0, 0.05) is 8.59 Å². The second-order valence-electron chi connectivity index (χ2n) is 4.32. The highest BCUT2D eigenvalue weighted by molar-refractivity contribution is 14.1. The Balaban J connectivity index is 2.01. The number of hydrogen-bond donors (Lipinski definition) is 2. The number of anilines is 1. The molecule has 104 valence electrons. The first-order valence-corrected chi connectivity index (χ1v) is 8.01. The number of amides is 1. The van der Waals surface area contributed by atoms with Gasteiger partial charge in [0.15, 0.2) is 0 Å². The third-order valence-electron chi connectivity index (χ3n) is 2.76. The van der Waals surface area contributed by atoms with Crippen LogP contribution in [0.5, 0.6) is 0 Å². The topological polar surface area (TPSA) is 29.1 Å². The van der Waals surface area contributed by atoms with Crippen molar-refractivity contribution in [2.75, 3.05) is 5.32 Å². The van der Waals surface area contributed by atoms with Crippen molar-refractivity contribution in [2.24, 2.45) is 0 Å². The van der Waals surface area contributed by atoms with Gasteiger partial charge in [-0.2, -0.15) is 12.6 Å². The van der Waals surface area contributed by atoms with Crippen molar-refractivity contribution in [2.45, 2.75) is 11.7 Å². The van der Waals surface area contributed by atoms with Crippen molar-refractivity contribution >= 4 is 58.4 Å². The Labute approximate surface area is 142 Å². The number of hydrogen-bond acceptors (Lipinski definition) is 2. The molecule has 0 aliphatic carbocycles. The maximum atomic E-state index is 12.1. The van der Waals surface area contributed by atoms with Crippen LogP contribution in [-0.4, -0.2) is 11.2 Å². The first-order valence-electron chi connectivity index (χ1n) is 6.04. The molecular formula is C15H13ClINOS. The lowest BCUT2D eigenvalue weighted by molar-refractivity contribution is -0.115. The fraction of sp³-hybridized carbons (Fsp3) is 0.133. The van der Waals surface area contributed by atoms with Gasteiger partial charge >= 0.3 is 0 Å². The molecule has 2 rings (SSSR count). The predicted octanol–water partition coefficient (Wildman–Crippen LogP) is 4.42. The summed E-state index contributed by atoms with van der Waals surface area (Å²) in [5, 5.41) is 3.14. The first kappa shape index (κ1) is 15.7. The van der Waals surface area contributed by atoms with Crippen LogP contribution in [0.15, 0.2) is 48.5 Å². The molecule has 1 amide bonds. The fourth-order valence-corrected chi connectivity index (χ4v) is 3.02. The summed E-state index contributed by atoms with van der Waals surface area (Å²) in [6, 6.07) is 15.2. The summed E-state index contributed by atoms with van der Waals surface area (Å²) in [6.07, 6.45) is 0.597. The molecular weight excluding hydrogens is 405 g/mol. The SMILES string of the molecule is O=C(Nc1ccc(Cl)cc1I)C(S)Cc1ccccc1. The Morgan fingerprint density at radius 1 is 1.25 bits per heavy atom. The van der Waals surface area contributed by atoms with Crippen LogP contribution in [0.3, 0.4) is 0 Å². The highest BCUT2D eigenvalue weighted by Crippen LogP contribution is 2.23. The number of carbonyl (C=O) groups excluding carboxylic acids is 1. The van der Waals surface area contributed by atoms with Crippen LogP contribution in [0.25, 0.3) is 0 Å². The van der Waals surface area contributed by atoms with Crippen molar-refractivity contribution in [1.82, 2.24) is 0 Å². The number of rotatable bonds is 4. The third-order valence-corrected chi connectivity index (χ3v) is 4.31. The summed E-state index contributed by atoms with van der Waals surface area (Å²) >= 11 is 12.4. The quantitative estimate of drug-likeness (QED) is 0.559. The van der Waals surface area contributed by atoms with E-state index >= 15 is 0 Å². The number of carbonyl (C=O) groups is 1. The summed E-state index contributed by atoms with van der Waals surface area (Å²) in [4.78, 5) is 12.1. The fourth-order valence-electron chi connectivity index (χ4n) is 1.74. The Morgan fingerprint density at radius 2 is 1.95 bits per heavy atom. The van der Waals surface area contributed by atoms with Crippen LogP contribution in [0.1, 0.15) is 5.56 Å². The molecule has 2 aromatic rings. The zero-order valence-corrected chi connectivity index (χ0v) is 14.3. The highest BCUT2D eigenvalue weighted by atomic mass is 127. The zero-order chi connectivity index (χ0) is 14.5. The van der Waals surface area contributed by atoms with Crippen LogP contribution < -0.4 is 5.32 Å². The molecule has 2 nitrogen and oxygen atoms in total. The smallest absolute Gasteiger partial charge is 0.237 e. The normalized spacial score (nSPS) is 11.9. The van der Waals surface area contributed by atoms with Crippen LogP contribution in [-0.2, 0) is 11.2 Å². The summed E-state index contributed by atoms with van der Waals surface area (Å²) < 4.78 is 0.906. The second kappa shape index (κ2) is 7.33. The van der Waals surface area contributed by atoms with E-state index < -0.39 is 0 Å². The largest absolute Gasteiger partial charge is 0.324 e. The molecule has 20 heavy (non-hydrogen) atoms. The number of halogens is 2. The van der Waals surface area contributed by atoms with Crippen LogP contribution >= 0.6 is 46.8 Å². The van der Waals surface area contributed by atoms with E-state index in [1.54, 1.807) is 12.1 Å². The Kier molecular flexibility index (Phi) is 5.74. The van der Waals surface area contributed by atoms with Gasteiger partial charge in [0.2, 0.25) is 5.91 Å². The molecule has 1 N–H and O–H groups in total. The monoisotopic (exact) mass is 417 g/mol. The molecule has 0 bridgehead atoms. The molecule has 0 saturated carbocycles. The van der Waals surface area contributed by atoms with Gasteiger partial charge in [-0.1, -0.05) is 41.9 Å². The molecule has 1 atom stereocenters. The number of nitrogens with one attached hydrogen (secondary N) is 1. The van der Waals surface area contributed by atoms with Crippen molar-refractivity contribution in [3.8, 4) is 0 Å². The number of thiol groups is 1. The van der Waals surface area contributed by atoms with Crippen molar-refractivity contribution in [3.05, 3.63) is 62.7 Å². The van der Waals surface area contributed by atoms with Gasteiger partial charge < -0.3 is 5.32 Å². The van der Waals surface area contributed by atoms with E-state index in [-0.39, 0.29) is 11.2 Å². The van der Waals surface area contributed by atoms with Crippen LogP contribution in [0.4, 0.5) is 5.69 Å². The van der Waals surface area contributed by atoms with Crippen molar-refractivity contribution in [1.29, 1.82) is 0 Å². The molecule has 0 heterocycles. The minimum Gasteiger partial charge on any atom is -0.324 e. The predicted molar refractivity (Wildman–Crippen MR) is 95.7 cm³/mol. The highest BCUT2D eigenvalue weighted by Gasteiger charge is 2.15. The zero-order valence-electron chi connectivity index (χ0n) is 10.5. The minimum absolute atomic E-state index is 0.113. The van der Waals surface area contributed by atoms with E-state index in [0.717, 1.165) is 14.8 Å². The third kappa shape index (κ3) is 4.40. The summed E-state index contributed by atoms with van der Waals surface area (Å²) in [7, 11) is 0. The maximum absolute atomic E-state index is 12.1. The average molecular weight is 418 g/mol. The van der Waals surface area contributed by atoms with Gasteiger partial charge in [-0.05, 0) is 52.8 Å². The molecule has 0 fully saturated rings. The van der Waals surface area contributed by atoms with E-state index in [9.17, 15) is 4.79 Å². The molecule has 0 radical (unpaired) electrons. The molecule has 0 spiro atoms. The number of benzene rings is 2. The Hall–Kier alpha value is -0.720. The Morgan fingerprint density at radius 3 is 2.60 bits per heavy atom. The molecule has 5 heteroatoms. The summed E-state index contributed by atoms with van der Waals surface area (Å²) in [5.41, 5.74) is 1.85. The lowest BCUT2D eigenvalue weighted by Gasteiger charge is -2.13. The van der Waals surface area contributed by atoms with E-state index in [4.69, 9.17) is 11.6 Å².